The van der Waals surface area contributed by atoms with Gasteiger partial charge in [0.05, 0.1) is 17.4 Å². The Bertz CT molecular complexity index is 788. The van der Waals surface area contributed by atoms with E-state index in [-0.39, 0.29) is 22.7 Å². The van der Waals surface area contributed by atoms with E-state index >= 15 is 0 Å². The predicted octanol–water partition coefficient (Wildman–Crippen LogP) is 2.10. The molecule has 7 heteroatoms. The fourth-order valence-electron chi connectivity index (χ4n) is 3.52. The van der Waals surface area contributed by atoms with Crippen LogP contribution in [-0.2, 0) is 24.2 Å². The number of carbonyl (C=O) groups excluding carboxylic acids is 2. The van der Waals surface area contributed by atoms with Gasteiger partial charge in [-0.15, -0.1) is 0 Å². The van der Waals surface area contributed by atoms with Crippen molar-refractivity contribution in [3.63, 3.8) is 0 Å². The van der Waals surface area contributed by atoms with Gasteiger partial charge >= 0.3 is 5.97 Å². The lowest BCUT2D eigenvalue weighted by Gasteiger charge is -2.33. The molecule has 0 radical (unpaired) electrons. The maximum atomic E-state index is 13.0. The van der Waals surface area contributed by atoms with Crippen molar-refractivity contribution in [1.82, 2.24) is 4.90 Å². The number of benzene rings is 1. The van der Waals surface area contributed by atoms with Crippen LogP contribution in [0.2, 0.25) is 0 Å². The largest absolute Gasteiger partial charge is 0.466 e. The second kappa shape index (κ2) is 7.02. The zero-order valence-corrected chi connectivity index (χ0v) is 16.0. The number of sulfone groups is 1. The Morgan fingerprint density at radius 2 is 1.73 bits per heavy atom. The van der Waals surface area contributed by atoms with Gasteiger partial charge in [0.25, 0.3) is 0 Å². The number of nitrogens with zero attached hydrogens (tertiary/aromatic N) is 1. The molecule has 0 N–H and O–H groups in total. The molecular formula is C19H25NO5S. The molecule has 0 aromatic heterocycles. The second-order valence-electron chi connectivity index (χ2n) is 7.13. The van der Waals surface area contributed by atoms with Crippen LogP contribution in [0.15, 0.2) is 29.2 Å². The minimum absolute atomic E-state index is 0.204. The summed E-state index contributed by atoms with van der Waals surface area (Å²) in [5.41, 5.74) is 0.973. The van der Waals surface area contributed by atoms with Crippen LogP contribution in [0.5, 0.6) is 0 Å². The van der Waals surface area contributed by atoms with Crippen molar-refractivity contribution in [2.75, 3.05) is 19.7 Å². The van der Waals surface area contributed by atoms with Crippen molar-refractivity contribution in [3.8, 4) is 0 Å². The molecule has 1 saturated carbocycles. The second-order valence-corrected chi connectivity index (χ2v) is 9.39. The molecule has 6 nitrogen and oxygen atoms in total. The molecule has 1 aromatic rings. The summed E-state index contributed by atoms with van der Waals surface area (Å²) in [6.45, 7) is 4.79. The molecule has 2 fully saturated rings. The average molecular weight is 379 g/mol. The number of hydrogen-bond acceptors (Lipinski definition) is 5. The van der Waals surface area contributed by atoms with Gasteiger partial charge in [0.1, 0.15) is 0 Å². The van der Waals surface area contributed by atoms with Gasteiger partial charge in [0, 0.05) is 13.1 Å². The van der Waals surface area contributed by atoms with Crippen molar-refractivity contribution >= 4 is 21.7 Å². The highest BCUT2D eigenvalue weighted by molar-refractivity contribution is 7.94. The van der Waals surface area contributed by atoms with Gasteiger partial charge in [-0.1, -0.05) is 17.7 Å². The zero-order chi connectivity index (χ0) is 18.9. The van der Waals surface area contributed by atoms with E-state index in [0.717, 1.165) is 5.56 Å². The molecule has 0 unspecified atom stereocenters. The molecule has 26 heavy (non-hydrogen) atoms. The van der Waals surface area contributed by atoms with E-state index in [0.29, 0.717) is 45.4 Å². The molecule has 142 valence electrons. The summed E-state index contributed by atoms with van der Waals surface area (Å²) in [5, 5.41) is 0. The maximum Gasteiger partial charge on any atom is 0.309 e. The van der Waals surface area contributed by atoms with Gasteiger partial charge < -0.3 is 9.64 Å². The van der Waals surface area contributed by atoms with Crippen molar-refractivity contribution in [2.45, 2.75) is 49.2 Å². The Morgan fingerprint density at radius 1 is 1.15 bits per heavy atom. The summed E-state index contributed by atoms with van der Waals surface area (Å²) < 4.78 is 29.8. The lowest BCUT2D eigenvalue weighted by molar-refractivity contribution is -0.151. The lowest BCUT2D eigenvalue weighted by atomic mass is 9.96. The number of ether oxygens (including phenoxy) is 1. The average Bonchev–Trinajstić information content (AvgIpc) is 3.44. The van der Waals surface area contributed by atoms with Crippen LogP contribution >= 0.6 is 0 Å². The minimum Gasteiger partial charge on any atom is -0.466 e. The third kappa shape index (κ3) is 3.24. The fourth-order valence-corrected chi connectivity index (χ4v) is 5.46. The fraction of sp³-hybridized carbons (Fsp3) is 0.579. The Balaban J connectivity index is 1.72. The number of hydrogen-bond donors (Lipinski definition) is 0. The first kappa shape index (κ1) is 18.9. The monoisotopic (exact) mass is 379 g/mol. The van der Waals surface area contributed by atoms with E-state index in [1.807, 2.05) is 6.92 Å². The molecule has 3 rings (SSSR count). The molecule has 0 spiro atoms. The quantitative estimate of drug-likeness (QED) is 0.732. The third-order valence-corrected chi connectivity index (χ3v) is 7.85. The van der Waals surface area contributed by atoms with Gasteiger partial charge in [-0.25, -0.2) is 8.42 Å². The van der Waals surface area contributed by atoms with Crippen LogP contribution in [0.25, 0.3) is 0 Å². The molecule has 1 aliphatic heterocycles. The minimum atomic E-state index is -3.71. The van der Waals surface area contributed by atoms with Gasteiger partial charge in [-0.2, -0.15) is 0 Å². The van der Waals surface area contributed by atoms with Crippen LogP contribution in [0.4, 0.5) is 0 Å². The Morgan fingerprint density at radius 3 is 2.23 bits per heavy atom. The normalized spacial score (nSPS) is 19.8. The third-order valence-electron chi connectivity index (χ3n) is 5.34. The molecule has 1 amide bonds. The first-order valence-corrected chi connectivity index (χ1v) is 10.6. The Hall–Kier alpha value is -1.89. The number of aryl methyl sites for hydroxylation is 1. The van der Waals surface area contributed by atoms with Crippen LogP contribution < -0.4 is 0 Å². The number of esters is 1. The van der Waals surface area contributed by atoms with E-state index in [2.05, 4.69) is 0 Å². The summed E-state index contributed by atoms with van der Waals surface area (Å²) in [6.07, 6.45) is 1.76. The smallest absolute Gasteiger partial charge is 0.309 e. The summed E-state index contributed by atoms with van der Waals surface area (Å²) in [7, 11) is -3.71. The number of likely N-dealkylation sites (tertiary alicyclic amines) is 1. The van der Waals surface area contributed by atoms with E-state index in [1.54, 1.807) is 36.1 Å². The van der Waals surface area contributed by atoms with Crippen molar-refractivity contribution in [1.29, 1.82) is 0 Å². The molecule has 1 aliphatic carbocycles. The standard InChI is InChI=1S/C19H25NO5S/c1-3-25-17(21)15-8-12-20(13-9-15)18(22)19(10-11-19)26(23,24)16-6-4-14(2)5-7-16/h4-7,15H,3,8-13H2,1-2H3. The maximum absolute atomic E-state index is 13.0. The first-order valence-electron chi connectivity index (χ1n) is 9.09. The van der Waals surface area contributed by atoms with E-state index in [1.165, 1.54) is 0 Å². The van der Waals surface area contributed by atoms with Gasteiger partial charge in [0.2, 0.25) is 5.91 Å². The molecular weight excluding hydrogens is 354 g/mol. The number of piperidine rings is 1. The van der Waals surface area contributed by atoms with Gasteiger partial charge in [-0.05, 0) is 51.7 Å². The summed E-state index contributed by atoms with van der Waals surface area (Å²) in [5.74, 6) is -0.753. The number of amides is 1. The molecule has 2 aliphatic rings. The highest BCUT2D eigenvalue weighted by atomic mass is 32.2. The summed E-state index contributed by atoms with van der Waals surface area (Å²) >= 11 is 0. The molecule has 0 atom stereocenters. The Kier molecular flexibility index (Phi) is 5.10. The molecule has 0 bridgehead atoms. The highest BCUT2D eigenvalue weighted by Crippen LogP contribution is 2.48. The van der Waals surface area contributed by atoms with Crippen LogP contribution in [0, 0.1) is 12.8 Å². The van der Waals surface area contributed by atoms with Gasteiger partial charge in [0.15, 0.2) is 14.6 Å². The highest BCUT2D eigenvalue weighted by Gasteiger charge is 2.62. The molecule has 1 saturated heterocycles. The topological polar surface area (TPSA) is 80.8 Å². The summed E-state index contributed by atoms with van der Waals surface area (Å²) in [4.78, 5) is 26.6. The summed E-state index contributed by atoms with van der Waals surface area (Å²) in [6, 6.07) is 6.65. The van der Waals surface area contributed by atoms with Crippen LogP contribution in [0.1, 0.15) is 38.2 Å². The SMILES string of the molecule is CCOC(=O)C1CCN(C(=O)C2(S(=O)(=O)c3ccc(C)cc3)CC2)CC1. The van der Waals surface area contributed by atoms with E-state index in [9.17, 15) is 18.0 Å². The van der Waals surface area contributed by atoms with Crippen molar-refractivity contribution in [2.24, 2.45) is 5.92 Å². The van der Waals surface area contributed by atoms with E-state index < -0.39 is 14.6 Å². The van der Waals surface area contributed by atoms with Crippen LogP contribution in [0.3, 0.4) is 0 Å². The van der Waals surface area contributed by atoms with Crippen LogP contribution in [-0.4, -0.2) is 49.6 Å². The zero-order valence-electron chi connectivity index (χ0n) is 15.2. The molecule has 1 aromatic carbocycles. The Labute approximate surface area is 154 Å². The predicted molar refractivity (Wildman–Crippen MR) is 96.3 cm³/mol. The van der Waals surface area contributed by atoms with Gasteiger partial charge in [-0.3, -0.25) is 9.59 Å². The lowest BCUT2D eigenvalue weighted by Crippen LogP contribution is -2.48. The first-order chi connectivity index (χ1) is 12.3. The van der Waals surface area contributed by atoms with E-state index in [4.69, 9.17) is 4.74 Å². The number of carbonyl (C=O) groups is 2. The van der Waals surface area contributed by atoms with Crippen molar-refractivity contribution in [3.05, 3.63) is 29.8 Å². The van der Waals surface area contributed by atoms with Crippen molar-refractivity contribution < 1.29 is 22.7 Å². The molecule has 1 heterocycles. The number of rotatable bonds is 5.